The molecule has 0 heterocycles. The molecule has 1 unspecified atom stereocenters. The Kier molecular flexibility index (Phi) is 4.22. The van der Waals surface area contributed by atoms with Gasteiger partial charge >= 0.3 is 0 Å². The summed E-state index contributed by atoms with van der Waals surface area (Å²) in [6, 6.07) is 9.84. The fraction of sp³-hybridized carbons (Fsp3) is 0.200. The summed E-state index contributed by atoms with van der Waals surface area (Å²) in [5.74, 6) is -2.95. The van der Waals surface area contributed by atoms with Gasteiger partial charge in [0.1, 0.15) is 5.82 Å². The van der Waals surface area contributed by atoms with Crippen LogP contribution in [0, 0.1) is 17.5 Å². The molecular weight excluding hydrogens is 253 g/mol. The highest BCUT2D eigenvalue weighted by Crippen LogP contribution is 2.25. The van der Waals surface area contributed by atoms with Gasteiger partial charge in [-0.1, -0.05) is 30.3 Å². The normalized spacial score (nSPS) is 12.4. The third-order valence-electron chi connectivity index (χ3n) is 3.06. The van der Waals surface area contributed by atoms with Gasteiger partial charge in [-0.15, -0.1) is 0 Å². The Balaban J connectivity index is 2.30. The second-order valence-electron chi connectivity index (χ2n) is 4.32. The van der Waals surface area contributed by atoms with Crippen LogP contribution in [0.15, 0.2) is 42.5 Å². The molecule has 0 aromatic heterocycles. The zero-order valence-electron chi connectivity index (χ0n) is 10.1. The van der Waals surface area contributed by atoms with Crippen LogP contribution in [0.5, 0.6) is 0 Å². The molecule has 0 saturated heterocycles. The predicted octanol–water partition coefficient (Wildman–Crippen LogP) is 3.42. The topological polar surface area (TPSA) is 20.2 Å². The monoisotopic (exact) mass is 266 g/mol. The van der Waals surface area contributed by atoms with Gasteiger partial charge in [0.2, 0.25) is 0 Å². The number of halogens is 3. The van der Waals surface area contributed by atoms with E-state index in [1.54, 1.807) is 6.07 Å². The average molecular weight is 266 g/mol. The van der Waals surface area contributed by atoms with E-state index in [1.165, 1.54) is 30.3 Å². The van der Waals surface area contributed by atoms with Crippen molar-refractivity contribution in [3.05, 3.63) is 71.0 Å². The minimum atomic E-state index is -0.947. The van der Waals surface area contributed by atoms with Crippen molar-refractivity contribution in [2.24, 2.45) is 0 Å². The third kappa shape index (κ3) is 2.96. The second-order valence-corrected chi connectivity index (χ2v) is 4.32. The van der Waals surface area contributed by atoms with E-state index in [2.05, 4.69) is 0 Å². The van der Waals surface area contributed by atoms with Gasteiger partial charge < -0.3 is 5.11 Å². The van der Waals surface area contributed by atoms with Crippen molar-refractivity contribution in [3.8, 4) is 0 Å². The number of aliphatic hydroxyl groups excluding tert-OH is 1. The summed E-state index contributed by atoms with van der Waals surface area (Å²) in [5, 5.41) is 9.34. The van der Waals surface area contributed by atoms with Gasteiger partial charge in [0.05, 0.1) is 6.61 Å². The minimum Gasteiger partial charge on any atom is -0.396 e. The Labute approximate surface area is 109 Å². The molecule has 1 nitrogen and oxygen atoms in total. The molecule has 4 heteroatoms. The first-order chi connectivity index (χ1) is 9.13. The molecular formula is C15H13F3O. The Morgan fingerprint density at radius 2 is 1.58 bits per heavy atom. The van der Waals surface area contributed by atoms with Gasteiger partial charge in [-0.3, -0.25) is 0 Å². The molecule has 0 aliphatic rings. The van der Waals surface area contributed by atoms with Gasteiger partial charge in [0.25, 0.3) is 0 Å². The molecule has 0 amide bonds. The maximum atomic E-state index is 13.6. The Morgan fingerprint density at radius 1 is 0.895 bits per heavy atom. The number of benzene rings is 2. The maximum absolute atomic E-state index is 13.6. The van der Waals surface area contributed by atoms with E-state index in [0.717, 1.165) is 6.07 Å². The van der Waals surface area contributed by atoms with Crippen LogP contribution < -0.4 is 0 Å². The summed E-state index contributed by atoms with van der Waals surface area (Å²) >= 11 is 0. The van der Waals surface area contributed by atoms with Crippen LogP contribution in [0.2, 0.25) is 0 Å². The van der Waals surface area contributed by atoms with E-state index in [4.69, 9.17) is 0 Å². The Hall–Kier alpha value is -1.81. The molecule has 100 valence electrons. The fourth-order valence-corrected chi connectivity index (χ4v) is 2.05. The van der Waals surface area contributed by atoms with Crippen LogP contribution >= 0.6 is 0 Å². The molecule has 2 aromatic carbocycles. The Morgan fingerprint density at radius 3 is 2.26 bits per heavy atom. The van der Waals surface area contributed by atoms with E-state index >= 15 is 0 Å². The average Bonchev–Trinajstić information content (AvgIpc) is 2.41. The largest absolute Gasteiger partial charge is 0.396 e. The van der Waals surface area contributed by atoms with Crippen LogP contribution in [-0.2, 0) is 6.42 Å². The maximum Gasteiger partial charge on any atom is 0.162 e. The first-order valence-corrected chi connectivity index (χ1v) is 5.91. The summed E-state index contributed by atoms with van der Waals surface area (Å²) in [5.41, 5.74) is 0.427. The molecule has 0 fully saturated rings. The van der Waals surface area contributed by atoms with Crippen molar-refractivity contribution in [1.29, 1.82) is 0 Å². The molecule has 0 bridgehead atoms. The predicted molar refractivity (Wildman–Crippen MR) is 66.3 cm³/mol. The summed E-state index contributed by atoms with van der Waals surface area (Å²) < 4.78 is 40.3. The van der Waals surface area contributed by atoms with Gasteiger partial charge in [-0.05, 0) is 29.7 Å². The molecule has 0 spiro atoms. The van der Waals surface area contributed by atoms with Gasteiger partial charge in [0.15, 0.2) is 11.6 Å². The molecule has 1 N–H and O–H groups in total. The van der Waals surface area contributed by atoms with Crippen molar-refractivity contribution in [3.63, 3.8) is 0 Å². The van der Waals surface area contributed by atoms with E-state index in [0.29, 0.717) is 5.56 Å². The number of hydrogen-bond acceptors (Lipinski definition) is 1. The van der Waals surface area contributed by atoms with Crippen LogP contribution in [0.3, 0.4) is 0 Å². The second kappa shape index (κ2) is 5.89. The zero-order chi connectivity index (χ0) is 13.8. The lowest BCUT2D eigenvalue weighted by molar-refractivity contribution is 0.260. The first kappa shape index (κ1) is 13.6. The molecule has 19 heavy (non-hydrogen) atoms. The third-order valence-corrected chi connectivity index (χ3v) is 3.06. The van der Waals surface area contributed by atoms with Crippen LogP contribution in [0.1, 0.15) is 17.0 Å². The van der Waals surface area contributed by atoms with Crippen molar-refractivity contribution >= 4 is 0 Å². The highest BCUT2D eigenvalue weighted by atomic mass is 19.2. The van der Waals surface area contributed by atoms with Crippen molar-refractivity contribution in [2.45, 2.75) is 12.3 Å². The number of aliphatic hydroxyl groups is 1. The van der Waals surface area contributed by atoms with Crippen molar-refractivity contribution < 1.29 is 18.3 Å². The highest BCUT2D eigenvalue weighted by Gasteiger charge is 2.18. The van der Waals surface area contributed by atoms with Gasteiger partial charge in [-0.25, -0.2) is 13.2 Å². The lowest BCUT2D eigenvalue weighted by Crippen LogP contribution is -2.11. The standard InChI is InChI=1S/C15H13F3O/c16-13-6-2-1-5-12(13)11(9-19)8-10-4-3-7-14(17)15(10)18/h1-7,11,19H,8-9H2. The molecule has 0 saturated carbocycles. The lowest BCUT2D eigenvalue weighted by Gasteiger charge is -2.16. The number of rotatable bonds is 4. The summed E-state index contributed by atoms with van der Waals surface area (Å²) in [4.78, 5) is 0. The molecule has 0 aliphatic carbocycles. The first-order valence-electron chi connectivity index (χ1n) is 5.91. The summed E-state index contributed by atoms with van der Waals surface area (Å²) in [6.07, 6.45) is 0.0427. The minimum absolute atomic E-state index is 0.0427. The fourth-order valence-electron chi connectivity index (χ4n) is 2.05. The van der Waals surface area contributed by atoms with Gasteiger partial charge in [-0.2, -0.15) is 0 Å². The smallest absolute Gasteiger partial charge is 0.162 e. The van der Waals surface area contributed by atoms with E-state index in [9.17, 15) is 18.3 Å². The van der Waals surface area contributed by atoms with Crippen LogP contribution in [-0.4, -0.2) is 11.7 Å². The van der Waals surface area contributed by atoms with Crippen LogP contribution in [0.4, 0.5) is 13.2 Å². The molecule has 0 aliphatic heterocycles. The summed E-state index contributed by atoms with van der Waals surface area (Å²) in [7, 11) is 0. The van der Waals surface area contributed by atoms with E-state index in [1.807, 2.05) is 0 Å². The highest BCUT2D eigenvalue weighted by molar-refractivity contribution is 5.27. The van der Waals surface area contributed by atoms with Crippen molar-refractivity contribution in [2.75, 3.05) is 6.61 Å². The molecule has 2 aromatic rings. The van der Waals surface area contributed by atoms with Crippen LogP contribution in [0.25, 0.3) is 0 Å². The summed E-state index contributed by atoms with van der Waals surface area (Å²) in [6.45, 7) is -0.336. The van der Waals surface area contributed by atoms with Crippen molar-refractivity contribution in [1.82, 2.24) is 0 Å². The van der Waals surface area contributed by atoms with E-state index < -0.39 is 23.4 Å². The SMILES string of the molecule is OCC(Cc1cccc(F)c1F)c1ccccc1F. The molecule has 0 radical (unpaired) electrons. The molecule has 1 atom stereocenters. The zero-order valence-corrected chi connectivity index (χ0v) is 10.1. The van der Waals surface area contributed by atoms with E-state index in [-0.39, 0.29) is 18.6 Å². The number of hydrogen-bond donors (Lipinski definition) is 1. The lowest BCUT2D eigenvalue weighted by atomic mass is 9.92. The Bertz CT molecular complexity index is 569. The quantitative estimate of drug-likeness (QED) is 0.899. The molecule has 2 rings (SSSR count). The van der Waals surface area contributed by atoms with Gasteiger partial charge in [0, 0.05) is 5.92 Å².